The minimum absolute atomic E-state index is 0.0339. The monoisotopic (exact) mass is 600 g/mol. The van der Waals surface area contributed by atoms with Crippen LogP contribution in [0, 0.1) is 0 Å². The molecule has 0 aliphatic heterocycles. The van der Waals surface area contributed by atoms with E-state index in [2.05, 4.69) is 11.9 Å². The maximum Gasteiger partial charge on any atom is 0.160 e. The molecule has 1 aromatic heterocycles. The van der Waals surface area contributed by atoms with Crippen molar-refractivity contribution < 1.29 is 23.2 Å². The van der Waals surface area contributed by atoms with Gasteiger partial charge in [0.05, 0.1) is 42.3 Å². The van der Waals surface area contributed by atoms with Gasteiger partial charge in [-0.25, -0.2) is 4.98 Å². The van der Waals surface area contributed by atoms with Gasteiger partial charge in [0.2, 0.25) is 0 Å². The number of unbranched alkanes of at least 4 members (excludes halogenated alkanes) is 1. The molecule has 4 rings (SSSR count). The zero-order valence-corrected chi connectivity index (χ0v) is 26.0. The third kappa shape index (κ3) is 9.49. The van der Waals surface area contributed by atoms with Gasteiger partial charge in [-0.15, -0.1) is 0 Å². The van der Waals surface area contributed by atoms with Crippen LogP contribution in [0.1, 0.15) is 43.5 Å². The van der Waals surface area contributed by atoms with Crippen molar-refractivity contribution in [3.8, 4) is 22.6 Å². The van der Waals surface area contributed by atoms with Crippen molar-refractivity contribution >= 4 is 22.7 Å². The molecule has 0 N–H and O–H groups in total. The number of ketones is 1. The lowest BCUT2D eigenvalue weighted by Crippen LogP contribution is -2.07. The normalized spacial score (nSPS) is 12.0. The van der Waals surface area contributed by atoms with E-state index < -0.39 is 10.8 Å². The molecule has 1 unspecified atom stereocenters. The number of ether oxygens (including phenoxy) is 3. The second-order valence-electron chi connectivity index (χ2n) is 10.1. The Labute approximate surface area is 257 Å². The zero-order valence-electron chi connectivity index (χ0n) is 25.2. The Morgan fingerprint density at radius 2 is 1.72 bits per heavy atom. The summed E-state index contributed by atoms with van der Waals surface area (Å²) >= 11 is 0. The average molecular weight is 601 g/mol. The number of allylic oxidation sites excluding steroid dienone is 1. The van der Waals surface area contributed by atoms with E-state index in [4.69, 9.17) is 14.2 Å². The Morgan fingerprint density at radius 1 is 0.953 bits per heavy atom. The van der Waals surface area contributed by atoms with Gasteiger partial charge in [0, 0.05) is 36.2 Å². The first-order chi connectivity index (χ1) is 21.0. The van der Waals surface area contributed by atoms with Gasteiger partial charge in [-0.3, -0.25) is 9.00 Å². The molecule has 0 amide bonds. The number of carbonyl (C=O) groups excluding carboxylic acids is 1. The molecule has 4 aromatic rings. The number of methoxy groups -OCH3 is 1. The van der Waals surface area contributed by atoms with Crippen LogP contribution >= 0.6 is 0 Å². The fourth-order valence-electron chi connectivity index (χ4n) is 4.53. The van der Waals surface area contributed by atoms with Crippen molar-refractivity contribution in [1.29, 1.82) is 0 Å². The Morgan fingerprint density at radius 3 is 2.44 bits per heavy atom. The first-order valence-corrected chi connectivity index (χ1v) is 16.0. The van der Waals surface area contributed by atoms with Crippen LogP contribution in [0.25, 0.3) is 17.2 Å². The van der Waals surface area contributed by atoms with Crippen LogP contribution < -0.4 is 9.47 Å². The van der Waals surface area contributed by atoms with Gasteiger partial charge in [-0.05, 0) is 78.6 Å². The number of aromatic nitrogens is 2. The molecular weight excluding hydrogens is 560 g/mol. The summed E-state index contributed by atoms with van der Waals surface area (Å²) in [5.74, 6) is 1.85. The van der Waals surface area contributed by atoms with Gasteiger partial charge >= 0.3 is 0 Å². The van der Waals surface area contributed by atoms with E-state index in [0.717, 1.165) is 64.6 Å². The minimum atomic E-state index is -1.19. The number of aryl methyl sites for hydroxylation is 1. The topological polar surface area (TPSA) is 79.7 Å². The summed E-state index contributed by atoms with van der Waals surface area (Å²) in [4.78, 5) is 17.7. The lowest BCUT2D eigenvalue weighted by molar-refractivity contribution is -0.113. The smallest absolute Gasteiger partial charge is 0.160 e. The maximum atomic E-state index is 12.8. The van der Waals surface area contributed by atoms with Crippen molar-refractivity contribution in [3.63, 3.8) is 0 Å². The van der Waals surface area contributed by atoms with Gasteiger partial charge in [0.1, 0.15) is 18.1 Å². The summed E-state index contributed by atoms with van der Waals surface area (Å²) in [5.41, 5.74) is 4.66. The molecule has 3 aromatic carbocycles. The van der Waals surface area contributed by atoms with Gasteiger partial charge in [-0.2, -0.15) is 0 Å². The molecule has 0 bridgehead atoms. The summed E-state index contributed by atoms with van der Waals surface area (Å²) in [7, 11) is 0.432. The molecule has 0 aliphatic carbocycles. The largest absolute Gasteiger partial charge is 0.496 e. The molecule has 0 fully saturated rings. The van der Waals surface area contributed by atoms with Crippen LogP contribution in [0.3, 0.4) is 0 Å². The van der Waals surface area contributed by atoms with E-state index in [-0.39, 0.29) is 12.2 Å². The SMILES string of the molecule is CCCCOCCOc1ccc(-c2ccc(OC)c(/C=C/C(=O)Cc3ccc(S(=O)Cc4cncn4CC)cc3)c2)cc1. The predicted molar refractivity (Wildman–Crippen MR) is 172 cm³/mol. The summed E-state index contributed by atoms with van der Waals surface area (Å²) in [6.07, 6.45) is 9.31. The highest BCUT2D eigenvalue weighted by atomic mass is 32.2. The highest BCUT2D eigenvalue weighted by molar-refractivity contribution is 7.84. The number of imidazole rings is 1. The molecule has 8 heteroatoms. The van der Waals surface area contributed by atoms with E-state index >= 15 is 0 Å². The van der Waals surface area contributed by atoms with Crippen LogP contribution in [0.4, 0.5) is 0 Å². The lowest BCUT2D eigenvalue weighted by atomic mass is 10.0. The highest BCUT2D eigenvalue weighted by Crippen LogP contribution is 2.29. The van der Waals surface area contributed by atoms with E-state index in [9.17, 15) is 9.00 Å². The summed E-state index contributed by atoms with van der Waals surface area (Å²) in [6.45, 7) is 6.82. The van der Waals surface area contributed by atoms with Crippen molar-refractivity contribution in [2.45, 2.75) is 50.3 Å². The number of benzene rings is 3. The van der Waals surface area contributed by atoms with Crippen LogP contribution in [-0.4, -0.2) is 46.5 Å². The lowest BCUT2D eigenvalue weighted by Gasteiger charge is -2.10. The predicted octanol–water partition coefficient (Wildman–Crippen LogP) is 6.91. The first kappa shape index (κ1) is 31.9. The molecule has 0 spiro atoms. The maximum absolute atomic E-state index is 12.8. The molecule has 43 heavy (non-hydrogen) atoms. The third-order valence-electron chi connectivity index (χ3n) is 6.99. The number of rotatable bonds is 17. The van der Waals surface area contributed by atoms with Gasteiger partial charge in [0.25, 0.3) is 0 Å². The van der Waals surface area contributed by atoms with Gasteiger partial charge < -0.3 is 18.8 Å². The number of hydrogen-bond donors (Lipinski definition) is 0. The standard InChI is InChI=1S/C35H40N2O5S/c1-4-6-19-41-20-21-42-33-14-10-28(11-15-33)29-12-18-35(40-3)30(23-29)9-13-32(38)22-27-7-16-34(17-8-27)43(39)25-31-24-36-26-37(31)5-2/h7-18,23-24,26H,4-6,19-22,25H2,1-3H3/b13-9+. The molecule has 0 saturated heterocycles. The molecule has 0 aliphatic rings. The minimum Gasteiger partial charge on any atom is -0.496 e. The first-order valence-electron chi connectivity index (χ1n) is 14.7. The van der Waals surface area contributed by atoms with E-state index in [1.165, 1.54) is 0 Å². The van der Waals surface area contributed by atoms with Gasteiger partial charge in [0.15, 0.2) is 5.78 Å². The summed E-state index contributed by atoms with van der Waals surface area (Å²) < 4.78 is 31.7. The fourth-order valence-corrected chi connectivity index (χ4v) is 5.64. The van der Waals surface area contributed by atoms with Crippen LogP contribution in [0.5, 0.6) is 11.5 Å². The number of carbonyl (C=O) groups is 1. The van der Waals surface area contributed by atoms with Crippen molar-refractivity contribution in [1.82, 2.24) is 9.55 Å². The van der Waals surface area contributed by atoms with Crippen molar-refractivity contribution in [2.24, 2.45) is 0 Å². The van der Waals surface area contributed by atoms with Crippen molar-refractivity contribution in [2.75, 3.05) is 26.9 Å². The van der Waals surface area contributed by atoms with Crippen LogP contribution in [0.2, 0.25) is 0 Å². The number of hydrogen-bond acceptors (Lipinski definition) is 6. The number of nitrogens with zero attached hydrogens (tertiary/aromatic N) is 2. The quantitative estimate of drug-likeness (QED) is 0.0968. The Balaban J connectivity index is 1.34. The molecule has 7 nitrogen and oxygen atoms in total. The second kappa shape index (κ2) is 16.6. The summed E-state index contributed by atoms with van der Waals surface area (Å²) in [5, 5.41) is 0. The Hall–Kier alpha value is -4.01. The molecule has 226 valence electrons. The van der Waals surface area contributed by atoms with Crippen LogP contribution in [-0.2, 0) is 39.0 Å². The molecule has 1 atom stereocenters. The molecule has 0 radical (unpaired) electrons. The second-order valence-corrected chi connectivity index (χ2v) is 11.5. The molecule has 0 saturated carbocycles. The van der Waals surface area contributed by atoms with E-state index in [0.29, 0.717) is 24.7 Å². The van der Waals surface area contributed by atoms with Crippen molar-refractivity contribution in [3.05, 3.63) is 102 Å². The molecular formula is C35H40N2O5S. The van der Waals surface area contributed by atoms with E-state index in [1.54, 1.807) is 31.8 Å². The summed E-state index contributed by atoms with van der Waals surface area (Å²) in [6, 6.07) is 21.2. The van der Waals surface area contributed by atoms with E-state index in [1.807, 2.05) is 78.2 Å². The molecule has 1 heterocycles. The third-order valence-corrected chi connectivity index (χ3v) is 8.34. The Kier molecular flexibility index (Phi) is 12.3. The highest BCUT2D eigenvalue weighted by Gasteiger charge is 2.10. The zero-order chi connectivity index (χ0) is 30.4. The fraction of sp³-hybridized carbons (Fsp3) is 0.314. The van der Waals surface area contributed by atoms with Crippen LogP contribution in [0.15, 0.2) is 90.2 Å². The Bertz CT molecular complexity index is 1510. The average Bonchev–Trinajstić information content (AvgIpc) is 3.49. The van der Waals surface area contributed by atoms with Gasteiger partial charge in [-0.1, -0.05) is 43.7 Å².